The van der Waals surface area contributed by atoms with Crippen LogP contribution in [-0.4, -0.2) is 26.2 Å². The van der Waals surface area contributed by atoms with Crippen molar-refractivity contribution in [2.24, 2.45) is 23.7 Å². The summed E-state index contributed by atoms with van der Waals surface area (Å²) < 4.78 is 78.8. The zero-order valence-corrected chi connectivity index (χ0v) is 42.3. The predicted octanol–water partition coefficient (Wildman–Crippen LogP) is 18.0. The van der Waals surface area contributed by atoms with Crippen molar-refractivity contribution in [2.75, 3.05) is 13.1 Å². The van der Waals surface area contributed by atoms with Crippen molar-refractivity contribution in [2.45, 2.75) is 225 Å². The van der Waals surface area contributed by atoms with Gasteiger partial charge in [-0.3, -0.25) is 0 Å². The molecular weight excluding hydrogens is 792 g/mol. The van der Waals surface area contributed by atoms with Crippen LogP contribution in [0.15, 0.2) is 24.3 Å². The van der Waals surface area contributed by atoms with E-state index in [9.17, 15) is 26.3 Å². The van der Waals surface area contributed by atoms with Gasteiger partial charge in [0.15, 0.2) is 23.3 Å². The van der Waals surface area contributed by atoms with Gasteiger partial charge in [0.25, 0.3) is 0 Å². The third-order valence-electron chi connectivity index (χ3n) is 14.1. The lowest BCUT2D eigenvalue weighted by atomic mass is 9.96. The van der Waals surface area contributed by atoms with Crippen molar-refractivity contribution >= 4 is 13.1 Å². The summed E-state index contributed by atoms with van der Waals surface area (Å²) in [6.45, 7) is 26.4. The Morgan fingerprint density at radius 1 is 0.426 bits per heavy atom. The largest absolute Gasteiger partial charge is 0.346 e. The summed E-state index contributed by atoms with van der Waals surface area (Å²) in [5.74, 6) is -7.66. The molecule has 2 aromatic rings. The Kier molecular flexibility index (Phi) is 35.9. The maximum atomic E-state index is 13.4. The van der Waals surface area contributed by atoms with Gasteiger partial charge in [0.2, 0.25) is 5.82 Å². The Morgan fingerprint density at radius 2 is 0.754 bits per heavy atom. The number of rotatable bonds is 32. The lowest BCUT2D eigenvalue weighted by molar-refractivity contribution is -0.651. The van der Waals surface area contributed by atoms with Crippen LogP contribution in [0.5, 0.6) is 0 Å². The maximum Gasteiger partial charge on any atom is 0.200 e. The first kappa shape index (κ1) is 59.5. The van der Waals surface area contributed by atoms with Crippen LogP contribution in [0, 0.1) is 58.6 Å². The molecule has 0 heterocycles. The topological polar surface area (TPSA) is 16.6 Å². The molecule has 2 aromatic carbocycles. The van der Waals surface area contributed by atoms with Crippen LogP contribution in [-0.2, 0) is 0 Å². The number of benzene rings is 2. The van der Waals surface area contributed by atoms with Gasteiger partial charge >= 0.3 is 0 Å². The third kappa shape index (κ3) is 23.9. The summed E-state index contributed by atoms with van der Waals surface area (Å²) in [5.41, 5.74) is -1.96. The van der Waals surface area contributed by atoms with E-state index in [1.807, 2.05) is 0 Å². The van der Waals surface area contributed by atoms with E-state index in [1.54, 1.807) is 46.8 Å². The molecule has 2 rings (SSSR count). The van der Waals surface area contributed by atoms with Crippen LogP contribution in [0.4, 0.5) is 26.3 Å². The molecule has 0 aromatic heterocycles. The van der Waals surface area contributed by atoms with Crippen molar-refractivity contribution in [3.05, 3.63) is 59.2 Å². The minimum absolute atomic E-state index is 0.690. The van der Waals surface area contributed by atoms with Gasteiger partial charge in [-0.1, -0.05) is 209 Å². The highest BCUT2D eigenvalue weighted by Crippen LogP contribution is 2.40. The van der Waals surface area contributed by atoms with Crippen molar-refractivity contribution in [1.29, 1.82) is 0 Å². The monoisotopic (exact) mass is 886 g/mol. The molecule has 2 N–H and O–H groups in total. The number of nitrogens with two attached hydrogens (primary N) is 1. The fourth-order valence-corrected chi connectivity index (χ4v) is 15.8. The highest BCUT2D eigenvalue weighted by Gasteiger charge is 2.31. The Bertz CT molecular complexity index is 1240. The fourth-order valence-electron chi connectivity index (χ4n) is 9.32. The first-order chi connectivity index (χ1) is 29.3. The molecule has 0 aliphatic heterocycles. The van der Waals surface area contributed by atoms with Crippen LogP contribution in [0.1, 0.15) is 204 Å². The van der Waals surface area contributed by atoms with E-state index in [0.29, 0.717) is 0 Å². The van der Waals surface area contributed by atoms with E-state index < -0.39 is 59.1 Å². The van der Waals surface area contributed by atoms with Crippen LogP contribution >= 0.6 is 0 Å². The molecule has 8 heteroatoms. The Balaban J connectivity index is 0.00000122. The normalized spacial score (nSPS) is 14.3. The lowest BCUT2D eigenvalue weighted by Gasteiger charge is -2.41. The average Bonchev–Trinajstić information content (AvgIpc) is 3.28. The van der Waals surface area contributed by atoms with E-state index in [-0.39, 0.29) is 0 Å². The van der Waals surface area contributed by atoms with Crippen LogP contribution in [0.25, 0.3) is 11.1 Å². The summed E-state index contributed by atoms with van der Waals surface area (Å²) in [6, 6.07) is 4.22. The van der Waals surface area contributed by atoms with E-state index in [2.05, 4.69) is 74.6 Å². The molecule has 0 radical (unpaired) electrons. The number of halogens is 6. The van der Waals surface area contributed by atoms with Gasteiger partial charge in [-0.15, -0.1) is 0 Å². The highest BCUT2D eigenvalue weighted by atomic mass is 27.2. The van der Waals surface area contributed by atoms with Gasteiger partial charge in [0, 0.05) is 5.56 Å². The van der Waals surface area contributed by atoms with Gasteiger partial charge in [-0.05, 0) is 43.1 Å². The Labute approximate surface area is 375 Å². The summed E-state index contributed by atoms with van der Waals surface area (Å²) in [5, 5.41) is 9.06. The van der Waals surface area contributed by atoms with Gasteiger partial charge in [0.1, 0.15) is 18.9 Å². The minimum atomic E-state index is -2.27. The van der Waals surface area contributed by atoms with Gasteiger partial charge in [0.05, 0.1) is 18.7 Å². The Hall–Kier alpha value is -1.49. The average molecular weight is 886 g/mol. The molecule has 0 saturated carbocycles. The first-order valence-corrected chi connectivity index (χ1v) is 28.9. The highest BCUT2D eigenvalue weighted by molar-refractivity contribution is 6.79. The summed E-state index contributed by atoms with van der Waals surface area (Å²) in [7, 11) is 0. The number of hydrogen-bond donors (Lipinski definition) is 1. The fraction of sp³-hybridized carbons (Fsp3) is 0.774. The summed E-state index contributed by atoms with van der Waals surface area (Å²) in [6.07, 6.45) is 30.6. The lowest BCUT2D eigenvalue weighted by Crippen LogP contribution is -2.83. The molecule has 0 amide bonds. The molecule has 1 nitrogen and oxygen atoms in total. The second kappa shape index (κ2) is 36.8. The molecule has 0 fully saturated rings. The molecule has 0 aliphatic rings. The molecule has 4 unspecified atom stereocenters. The number of quaternary nitrogens is 1. The predicted molar refractivity (Wildman–Crippen MR) is 256 cm³/mol. The van der Waals surface area contributed by atoms with E-state index >= 15 is 0 Å². The molecule has 0 spiro atoms. The van der Waals surface area contributed by atoms with Crippen molar-refractivity contribution < 1.29 is 31.7 Å². The SMILES string of the molecule is CCCCC(CC)C[CH2][Al-]([CH2]CC(CC)CCCC)([CH2]CC(CC)CCCC)[CH2]CC(CC)CCCC.CCC[NH2+]CC.Fc1ccccc1-c1c(F)c(F)c(F)c(F)c1F. The van der Waals surface area contributed by atoms with Crippen LogP contribution in [0.2, 0.25) is 21.1 Å². The van der Waals surface area contributed by atoms with Crippen molar-refractivity contribution in [3.8, 4) is 11.1 Å². The molecule has 0 saturated heterocycles. The quantitative estimate of drug-likeness (QED) is 0.0248. The molecule has 0 aliphatic carbocycles. The van der Waals surface area contributed by atoms with E-state index in [0.717, 1.165) is 35.8 Å². The molecule has 356 valence electrons. The zero-order chi connectivity index (χ0) is 46.1. The second-order valence-electron chi connectivity index (χ2n) is 18.6. The van der Waals surface area contributed by atoms with Gasteiger partial charge in [-0.2, -0.15) is 21.1 Å². The minimum Gasteiger partial charge on any atom is -0.346 e. The van der Waals surface area contributed by atoms with Gasteiger partial charge in [-0.25, -0.2) is 26.3 Å². The van der Waals surface area contributed by atoms with Gasteiger partial charge < -0.3 is 5.32 Å². The standard InChI is InChI=1S/C12H4F6.4C9H19.C5H13N.Al/c13-6-4-2-1-3-5(6)7-8(14)10(16)12(18)11(17)9(7)15;4*1-4-7-8-9(5-2)6-3;1-3-5-6-4-2;/h1-4H;4*9H,2,4-8H2,1,3H3;6H,3-5H2,1-2H3;/q;;;;;;-1/p+1. The molecule has 0 bridgehead atoms. The molecule has 61 heavy (non-hydrogen) atoms. The Morgan fingerprint density at radius 3 is 1.02 bits per heavy atom. The second-order valence-corrected chi connectivity index (χ2v) is 24.4. The van der Waals surface area contributed by atoms with E-state index in [1.165, 1.54) is 134 Å². The van der Waals surface area contributed by atoms with Crippen molar-refractivity contribution in [3.63, 3.8) is 0 Å². The summed E-state index contributed by atoms with van der Waals surface area (Å²) in [4.78, 5) is 0. The van der Waals surface area contributed by atoms with E-state index in [4.69, 9.17) is 0 Å². The van der Waals surface area contributed by atoms with Crippen LogP contribution in [0.3, 0.4) is 0 Å². The maximum absolute atomic E-state index is 13.4. The van der Waals surface area contributed by atoms with Crippen molar-refractivity contribution in [1.82, 2.24) is 0 Å². The zero-order valence-electron chi connectivity index (χ0n) is 41.1. The third-order valence-corrected chi connectivity index (χ3v) is 20.3. The number of unbranched alkanes of at least 4 members (excludes halogenated alkanes) is 4. The first-order valence-electron chi connectivity index (χ1n) is 25.6. The smallest absolute Gasteiger partial charge is 0.200 e. The number of hydrogen-bond acceptors (Lipinski definition) is 0. The molecule has 4 atom stereocenters. The van der Waals surface area contributed by atoms with Crippen LogP contribution < -0.4 is 5.32 Å². The molecular formula is C53H94AlF6N. The summed E-state index contributed by atoms with van der Waals surface area (Å²) >= 11 is -1.64.